The van der Waals surface area contributed by atoms with Crippen LogP contribution in [0.25, 0.3) is 16.4 Å². The molecule has 1 aliphatic rings. The van der Waals surface area contributed by atoms with E-state index in [1.165, 1.54) is 6.33 Å². The smallest absolute Gasteiger partial charge is 0.247 e. The van der Waals surface area contributed by atoms with Crippen molar-refractivity contribution in [3.63, 3.8) is 0 Å². The van der Waals surface area contributed by atoms with Crippen LogP contribution in [0.2, 0.25) is 0 Å². The summed E-state index contributed by atoms with van der Waals surface area (Å²) >= 11 is 0. The first kappa shape index (κ1) is 16.1. The maximum absolute atomic E-state index is 14.9. The van der Waals surface area contributed by atoms with Gasteiger partial charge in [0.1, 0.15) is 30.3 Å². The van der Waals surface area contributed by atoms with Crippen LogP contribution < -0.4 is 9.47 Å². The molecule has 4 heterocycles. The molecule has 0 unspecified atom stereocenters. The van der Waals surface area contributed by atoms with Crippen molar-refractivity contribution in [2.75, 3.05) is 13.2 Å². The number of nitrogens with one attached hydrogen (secondary N) is 1. The average Bonchev–Trinajstić information content (AvgIpc) is 3.32. The van der Waals surface area contributed by atoms with Crippen LogP contribution in [0.15, 0.2) is 30.7 Å². The minimum Gasteiger partial charge on any atom is -0.489 e. The quantitative estimate of drug-likeness (QED) is 0.545. The number of benzene rings is 1. The lowest BCUT2D eigenvalue weighted by Crippen LogP contribution is -2.03. The van der Waals surface area contributed by atoms with Crippen LogP contribution in [-0.4, -0.2) is 38.9 Å². The van der Waals surface area contributed by atoms with Crippen LogP contribution in [-0.2, 0) is 4.74 Å². The standard InChI is InChI=1S/C19H17FN4O3/c1-10-5-13-14(23-10)3-4-15(17(13)20)27-19-18-11(2)16(26-8-12-7-25-12)6-24(18)22-9-21-19/h3-6,9,12,23H,7-8H2,1-2H3/t12-/m1/s1. The summed E-state index contributed by atoms with van der Waals surface area (Å²) in [6.07, 6.45) is 3.28. The van der Waals surface area contributed by atoms with E-state index < -0.39 is 5.82 Å². The third kappa shape index (κ3) is 2.78. The molecular weight excluding hydrogens is 351 g/mol. The normalized spacial score (nSPS) is 16.2. The Morgan fingerprint density at radius 3 is 3.00 bits per heavy atom. The molecule has 1 saturated heterocycles. The molecule has 0 saturated carbocycles. The first-order chi connectivity index (χ1) is 13.1. The fraction of sp³-hybridized carbons (Fsp3) is 0.263. The summed E-state index contributed by atoms with van der Waals surface area (Å²) in [4.78, 5) is 7.31. The molecule has 1 atom stereocenters. The lowest BCUT2D eigenvalue weighted by Gasteiger charge is -2.08. The number of epoxide rings is 1. The number of ether oxygens (including phenoxy) is 3. The summed E-state index contributed by atoms with van der Waals surface area (Å²) in [5.74, 6) is 0.621. The van der Waals surface area contributed by atoms with Crippen molar-refractivity contribution < 1.29 is 18.6 Å². The van der Waals surface area contributed by atoms with E-state index in [1.54, 1.807) is 28.9 Å². The van der Waals surface area contributed by atoms with Crippen LogP contribution >= 0.6 is 0 Å². The monoisotopic (exact) mass is 368 g/mol. The fourth-order valence-corrected chi connectivity index (χ4v) is 3.14. The van der Waals surface area contributed by atoms with E-state index >= 15 is 0 Å². The van der Waals surface area contributed by atoms with Gasteiger partial charge in [-0.15, -0.1) is 0 Å². The Bertz CT molecular complexity index is 1160. The minimum atomic E-state index is -0.430. The molecule has 3 aromatic heterocycles. The predicted molar refractivity (Wildman–Crippen MR) is 96.0 cm³/mol. The molecule has 8 heteroatoms. The Hall–Kier alpha value is -3.13. The third-order valence-electron chi connectivity index (χ3n) is 4.62. The lowest BCUT2D eigenvalue weighted by atomic mass is 10.2. The van der Waals surface area contributed by atoms with Crippen LogP contribution in [0.3, 0.4) is 0 Å². The Labute approximate surface area is 153 Å². The summed E-state index contributed by atoms with van der Waals surface area (Å²) in [5.41, 5.74) is 3.07. The van der Waals surface area contributed by atoms with Gasteiger partial charge < -0.3 is 19.2 Å². The van der Waals surface area contributed by atoms with E-state index in [9.17, 15) is 4.39 Å². The Kier molecular flexibility index (Phi) is 3.54. The average molecular weight is 368 g/mol. The van der Waals surface area contributed by atoms with E-state index in [0.717, 1.165) is 23.4 Å². The number of aromatic amines is 1. The van der Waals surface area contributed by atoms with Crippen LogP contribution in [0.1, 0.15) is 11.3 Å². The molecule has 1 aliphatic heterocycles. The second-order valence-electron chi connectivity index (χ2n) is 6.64. The topological polar surface area (TPSA) is 77.0 Å². The van der Waals surface area contributed by atoms with Crippen molar-refractivity contribution >= 4 is 16.4 Å². The molecule has 0 amide bonds. The third-order valence-corrected chi connectivity index (χ3v) is 4.62. The van der Waals surface area contributed by atoms with Gasteiger partial charge in [-0.05, 0) is 32.0 Å². The zero-order valence-corrected chi connectivity index (χ0v) is 14.8. The van der Waals surface area contributed by atoms with Crippen LogP contribution in [0.5, 0.6) is 17.4 Å². The van der Waals surface area contributed by atoms with E-state index in [4.69, 9.17) is 14.2 Å². The number of halogens is 1. The number of fused-ring (bicyclic) bond motifs is 2. The first-order valence-corrected chi connectivity index (χ1v) is 8.63. The first-order valence-electron chi connectivity index (χ1n) is 8.63. The summed E-state index contributed by atoms with van der Waals surface area (Å²) in [6, 6.07) is 5.13. The van der Waals surface area contributed by atoms with Gasteiger partial charge >= 0.3 is 0 Å². The van der Waals surface area contributed by atoms with Crippen molar-refractivity contribution in [3.8, 4) is 17.4 Å². The Morgan fingerprint density at radius 1 is 1.33 bits per heavy atom. The van der Waals surface area contributed by atoms with Gasteiger partial charge in [-0.1, -0.05) is 0 Å². The van der Waals surface area contributed by atoms with E-state index in [0.29, 0.717) is 23.3 Å². The minimum absolute atomic E-state index is 0.108. The summed E-state index contributed by atoms with van der Waals surface area (Å²) < 4.78 is 33.3. The highest BCUT2D eigenvalue weighted by atomic mass is 19.1. The van der Waals surface area contributed by atoms with Crippen molar-refractivity contribution in [1.29, 1.82) is 0 Å². The molecule has 5 rings (SSSR count). The molecule has 1 N–H and O–H groups in total. The zero-order chi connectivity index (χ0) is 18.5. The molecule has 138 valence electrons. The highest BCUT2D eigenvalue weighted by molar-refractivity contribution is 5.83. The highest BCUT2D eigenvalue weighted by Gasteiger charge is 2.24. The Balaban J connectivity index is 1.53. The maximum Gasteiger partial charge on any atom is 0.247 e. The number of rotatable bonds is 5. The van der Waals surface area contributed by atoms with Gasteiger partial charge in [0.15, 0.2) is 11.6 Å². The predicted octanol–water partition coefficient (Wildman–Crippen LogP) is 3.54. The number of aromatic nitrogens is 4. The summed E-state index contributed by atoms with van der Waals surface area (Å²) in [5, 5.41) is 4.68. The molecule has 0 aliphatic carbocycles. The van der Waals surface area contributed by atoms with Crippen molar-refractivity contribution in [3.05, 3.63) is 47.8 Å². The number of hydrogen-bond acceptors (Lipinski definition) is 5. The van der Waals surface area contributed by atoms with Gasteiger partial charge in [-0.2, -0.15) is 10.1 Å². The van der Waals surface area contributed by atoms with Gasteiger partial charge in [0.05, 0.1) is 12.8 Å². The van der Waals surface area contributed by atoms with E-state index in [1.807, 2.05) is 13.8 Å². The van der Waals surface area contributed by atoms with Gasteiger partial charge in [-0.3, -0.25) is 0 Å². The highest BCUT2D eigenvalue weighted by Crippen LogP contribution is 2.34. The summed E-state index contributed by atoms with van der Waals surface area (Å²) in [7, 11) is 0. The molecule has 27 heavy (non-hydrogen) atoms. The molecular formula is C19H17FN4O3. The maximum atomic E-state index is 14.9. The fourth-order valence-electron chi connectivity index (χ4n) is 3.14. The SMILES string of the molecule is Cc1cc2c(F)c(Oc3ncnn4cc(OC[C@H]5CO5)c(C)c34)ccc2[nH]1. The molecule has 0 radical (unpaired) electrons. The number of H-pyrrole nitrogens is 1. The van der Waals surface area contributed by atoms with Gasteiger partial charge in [-0.25, -0.2) is 8.91 Å². The molecule has 0 bridgehead atoms. The van der Waals surface area contributed by atoms with E-state index in [-0.39, 0.29) is 17.7 Å². The van der Waals surface area contributed by atoms with Gasteiger partial charge in [0, 0.05) is 22.2 Å². The van der Waals surface area contributed by atoms with Crippen molar-refractivity contribution in [2.24, 2.45) is 0 Å². The second kappa shape index (κ2) is 5.95. The molecule has 1 fully saturated rings. The number of nitrogens with zero attached hydrogens (tertiary/aromatic N) is 3. The van der Waals surface area contributed by atoms with E-state index in [2.05, 4.69) is 15.1 Å². The van der Waals surface area contributed by atoms with Crippen LogP contribution in [0.4, 0.5) is 4.39 Å². The molecule has 0 spiro atoms. The van der Waals surface area contributed by atoms with Gasteiger partial charge in [0.25, 0.3) is 0 Å². The second-order valence-corrected chi connectivity index (χ2v) is 6.64. The largest absolute Gasteiger partial charge is 0.489 e. The zero-order valence-electron chi connectivity index (χ0n) is 14.8. The molecule has 7 nitrogen and oxygen atoms in total. The summed E-state index contributed by atoms with van der Waals surface area (Å²) in [6.45, 7) is 4.98. The molecule has 1 aromatic carbocycles. The lowest BCUT2D eigenvalue weighted by molar-refractivity contribution is 0.262. The number of aryl methyl sites for hydroxylation is 2. The van der Waals surface area contributed by atoms with Crippen molar-refractivity contribution in [2.45, 2.75) is 20.0 Å². The Morgan fingerprint density at radius 2 is 2.19 bits per heavy atom. The van der Waals surface area contributed by atoms with Crippen LogP contribution in [0, 0.1) is 19.7 Å². The van der Waals surface area contributed by atoms with Crippen molar-refractivity contribution in [1.82, 2.24) is 19.6 Å². The molecule has 4 aromatic rings. The van der Waals surface area contributed by atoms with Gasteiger partial charge in [0.2, 0.25) is 5.88 Å². The number of hydrogen-bond donors (Lipinski definition) is 1.